The van der Waals surface area contributed by atoms with E-state index in [2.05, 4.69) is 18.7 Å². The summed E-state index contributed by atoms with van der Waals surface area (Å²) in [7, 11) is 0. The Morgan fingerprint density at radius 2 is 1.93 bits per heavy atom. The Morgan fingerprint density at radius 1 is 1.27 bits per heavy atom. The van der Waals surface area contributed by atoms with Crippen LogP contribution in [0, 0.1) is 11.6 Å². The molecule has 1 aliphatic heterocycles. The summed E-state index contributed by atoms with van der Waals surface area (Å²) in [4.78, 5) is 2.27. The summed E-state index contributed by atoms with van der Waals surface area (Å²) in [6.45, 7) is 5.99. The molecule has 82 valence electrons. The zero-order chi connectivity index (χ0) is 11.0. The molecule has 1 nitrogen and oxygen atoms in total. The van der Waals surface area contributed by atoms with E-state index in [0.717, 1.165) is 19.2 Å². The molecule has 3 heteroatoms. The van der Waals surface area contributed by atoms with E-state index in [9.17, 15) is 8.78 Å². The van der Waals surface area contributed by atoms with E-state index in [1.807, 2.05) is 0 Å². The van der Waals surface area contributed by atoms with Crippen LogP contribution in [0.5, 0.6) is 0 Å². The van der Waals surface area contributed by atoms with Gasteiger partial charge in [0, 0.05) is 31.1 Å². The second-order valence-electron chi connectivity index (χ2n) is 4.41. The van der Waals surface area contributed by atoms with Crippen LogP contribution in [0.25, 0.3) is 0 Å². The maximum absolute atomic E-state index is 13.4. The van der Waals surface area contributed by atoms with Crippen LogP contribution < -0.4 is 0 Å². The van der Waals surface area contributed by atoms with E-state index in [4.69, 9.17) is 0 Å². The second-order valence-corrected chi connectivity index (χ2v) is 4.41. The molecule has 0 saturated carbocycles. The van der Waals surface area contributed by atoms with Crippen molar-refractivity contribution in [3.05, 3.63) is 35.4 Å². The average Bonchev–Trinajstić information content (AvgIpc) is 2.05. The number of likely N-dealkylation sites (tertiary alicyclic amines) is 1. The van der Waals surface area contributed by atoms with Gasteiger partial charge in [-0.2, -0.15) is 0 Å². The zero-order valence-corrected chi connectivity index (χ0v) is 9.00. The van der Waals surface area contributed by atoms with Crippen LogP contribution in [-0.4, -0.2) is 24.0 Å². The van der Waals surface area contributed by atoms with Crippen molar-refractivity contribution in [2.75, 3.05) is 13.1 Å². The third kappa shape index (κ3) is 2.02. The molecule has 1 fully saturated rings. The van der Waals surface area contributed by atoms with Crippen molar-refractivity contribution >= 4 is 0 Å². The van der Waals surface area contributed by atoms with Gasteiger partial charge in [0.05, 0.1) is 0 Å². The van der Waals surface area contributed by atoms with Crippen LogP contribution in [0.2, 0.25) is 0 Å². The lowest BCUT2D eigenvalue weighted by Gasteiger charge is -2.42. The lowest BCUT2D eigenvalue weighted by Crippen LogP contribution is -2.48. The van der Waals surface area contributed by atoms with Crippen LogP contribution >= 0.6 is 0 Å². The Labute approximate surface area is 88.7 Å². The van der Waals surface area contributed by atoms with Crippen molar-refractivity contribution in [1.82, 2.24) is 4.90 Å². The van der Waals surface area contributed by atoms with Crippen molar-refractivity contribution in [1.29, 1.82) is 0 Å². The van der Waals surface area contributed by atoms with Crippen LogP contribution in [0.3, 0.4) is 0 Å². The monoisotopic (exact) mass is 211 g/mol. The molecule has 2 rings (SSSR count). The molecule has 1 aliphatic rings. The Bertz CT molecular complexity index is 357. The van der Waals surface area contributed by atoms with E-state index in [1.165, 1.54) is 6.07 Å². The highest BCUT2D eigenvalue weighted by Gasteiger charge is 2.31. The minimum atomic E-state index is -0.503. The van der Waals surface area contributed by atoms with Crippen molar-refractivity contribution in [2.24, 2.45) is 0 Å². The van der Waals surface area contributed by atoms with Gasteiger partial charge in [-0.05, 0) is 25.5 Å². The fourth-order valence-electron chi connectivity index (χ4n) is 1.96. The molecule has 0 spiro atoms. The summed E-state index contributed by atoms with van der Waals surface area (Å²) in [6.07, 6.45) is 0. The van der Waals surface area contributed by atoms with Gasteiger partial charge in [0.15, 0.2) is 0 Å². The third-order valence-electron chi connectivity index (χ3n) is 3.04. The molecule has 0 amide bonds. The van der Waals surface area contributed by atoms with Crippen molar-refractivity contribution in [3.63, 3.8) is 0 Å². The summed E-state index contributed by atoms with van der Waals surface area (Å²) < 4.78 is 26.1. The fourth-order valence-corrected chi connectivity index (χ4v) is 1.96. The van der Waals surface area contributed by atoms with Gasteiger partial charge in [0.25, 0.3) is 0 Å². The van der Waals surface area contributed by atoms with Crippen LogP contribution in [0.15, 0.2) is 18.2 Å². The molecule has 1 saturated heterocycles. The van der Waals surface area contributed by atoms with E-state index >= 15 is 0 Å². The number of benzene rings is 1. The lowest BCUT2D eigenvalue weighted by atomic mass is 9.90. The summed E-state index contributed by atoms with van der Waals surface area (Å²) in [5, 5.41) is 0. The molecule has 0 unspecified atom stereocenters. The first kappa shape index (κ1) is 10.6. The van der Waals surface area contributed by atoms with Crippen molar-refractivity contribution in [3.8, 4) is 0 Å². The Hall–Kier alpha value is -0.960. The highest BCUT2D eigenvalue weighted by molar-refractivity contribution is 5.25. The molecule has 0 radical (unpaired) electrons. The number of hydrogen-bond donors (Lipinski definition) is 0. The van der Waals surface area contributed by atoms with Gasteiger partial charge in [-0.25, -0.2) is 8.78 Å². The standard InChI is InChI=1S/C12H15F2N/c1-8(2)15-6-9(7-15)11-4-3-10(13)5-12(11)14/h3-5,8-9H,6-7H2,1-2H3. The summed E-state index contributed by atoms with van der Waals surface area (Å²) in [5.74, 6) is -0.687. The Morgan fingerprint density at radius 3 is 2.47 bits per heavy atom. The minimum absolute atomic E-state index is 0.230. The highest BCUT2D eigenvalue weighted by atomic mass is 19.1. The largest absolute Gasteiger partial charge is 0.300 e. The smallest absolute Gasteiger partial charge is 0.129 e. The molecule has 0 aromatic heterocycles. The van der Waals surface area contributed by atoms with Gasteiger partial charge in [-0.1, -0.05) is 6.07 Å². The topological polar surface area (TPSA) is 3.24 Å². The first-order chi connectivity index (χ1) is 7.08. The molecule has 0 atom stereocenters. The maximum Gasteiger partial charge on any atom is 0.129 e. The minimum Gasteiger partial charge on any atom is -0.300 e. The molecule has 0 bridgehead atoms. The first-order valence-electron chi connectivity index (χ1n) is 5.27. The molecule has 0 aliphatic carbocycles. The van der Waals surface area contributed by atoms with Gasteiger partial charge in [0.1, 0.15) is 11.6 Å². The predicted octanol–water partition coefficient (Wildman–Crippen LogP) is 2.77. The van der Waals surface area contributed by atoms with Gasteiger partial charge in [0.2, 0.25) is 0 Å². The highest BCUT2D eigenvalue weighted by Crippen LogP contribution is 2.30. The number of halogens is 2. The Balaban J connectivity index is 2.07. The fraction of sp³-hybridized carbons (Fsp3) is 0.500. The SMILES string of the molecule is CC(C)N1CC(c2ccc(F)cc2F)C1. The molecule has 1 heterocycles. The van der Waals surface area contributed by atoms with E-state index in [1.54, 1.807) is 6.07 Å². The van der Waals surface area contributed by atoms with Crippen LogP contribution in [0.1, 0.15) is 25.3 Å². The summed E-state index contributed by atoms with van der Waals surface area (Å²) in [6, 6.07) is 4.36. The number of nitrogens with zero attached hydrogens (tertiary/aromatic N) is 1. The van der Waals surface area contributed by atoms with E-state index < -0.39 is 11.6 Å². The second kappa shape index (κ2) is 3.89. The van der Waals surface area contributed by atoms with Gasteiger partial charge in [-0.15, -0.1) is 0 Å². The van der Waals surface area contributed by atoms with Crippen LogP contribution in [0.4, 0.5) is 8.78 Å². The van der Waals surface area contributed by atoms with Gasteiger partial charge < -0.3 is 0 Å². The molecular weight excluding hydrogens is 196 g/mol. The summed E-state index contributed by atoms with van der Waals surface area (Å²) >= 11 is 0. The molecule has 0 N–H and O–H groups in total. The first-order valence-corrected chi connectivity index (χ1v) is 5.27. The molecule has 1 aromatic carbocycles. The Kier molecular flexibility index (Phi) is 2.74. The van der Waals surface area contributed by atoms with Crippen molar-refractivity contribution < 1.29 is 8.78 Å². The van der Waals surface area contributed by atoms with E-state index in [0.29, 0.717) is 11.6 Å². The quantitative estimate of drug-likeness (QED) is 0.727. The molecule has 1 aromatic rings. The lowest BCUT2D eigenvalue weighted by molar-refractivity contribution is 0.108. The molecule has 15 heavy (non-hydrogen) atoms. The van der Waals surface area contributed by atoms with E-state index in [-0.39, 0.29) is 5.92 Å². The van der Waals surface area contributed by atoms with Gasteiger partial charge >= 0.3 is 0 Å². The maximum atomic E-state index is 13.4. The predicted molar refractivity (Wildman–Crippen MR) is 55.8 cm³/mol. The average molecular weight is 211 g/mol. The normalized spacial score (nSPS) is 18.2. The van der Waals surface area contributed by atoms with Gasteiger partial charge in [-0.3, -0.25) is 4.90 Å². The molecular formula is C12H15F2N. The van der Waals surface area contributed by atoms with Crippen molar-refractivity contribution in [2.45, 2.75) is 25.8 Å². The number of hydrogen-bond acceptors (Lipinski definition) is 1. The third-order valence-corrected chi connectivity index (χ3v) is 3.04. The zero-order valence-electron chi connectivity index (χ0n) is 9.00. The summed E-state index contributed by atoms with van der Waals surface area (Å²) in [5.41, 5.74) is 0.647. The number of rotatable bonds is 2. The van der Waals surface area contributed by atoms with Crippen LogP contribution in [-0.2, 0) is 0 Å².